The average molecular weight is 494 g/mol. The summed E-state index contributed by atoms with van der Waals surface area (Å²) in [5, 5.41) is 15.2. The van der Waals surface area contributed by atoms with Crippen molar-refractivity contribution in [2.24, 2.45) is 0 Å². The maximum Gasteiger partial charge on any atom is 0.328 e. The Morgan fingerprint density at radius 1 is 1.36 bits per heavy atom. The normalized spacial score (nSPS) is 15.2. The van der Waals surface area contributed by atoms with E-state index in [0.717, 1.165) is 5.56 Å². The smallest absolute Gasteiger partial charge is 0.328 e. The van der Waals surface area contributed by atoms with Gasteiger partial charge in [0.1, 0.15) is 30.0 Å². The molecule has 0 aromatic carbocycles. The van der Waals surface area contributed by atoms with Crippen LogP contribution in [0.15, 0.2) is 18.3 Å². The summed E-state index contributed by atoms with van der Waals surface area (Å²) in [5.74, 6) is 0.539. The number of rotatable bonds is 8. The van der Waals surface area contributed by atoms with Crippen molar-refractivity contribution in [3.8, 4) is 6.07 Å². The number of carbonyl (C=O) groups is 3. The van der Waals surface area contributed by atoms with Gasteiger partial charge in [-0.1, -0.05) is 0 Å². The van der Waals surface area contributed by atoms with Crippen LogP contribution in [0.25, 0.3) is 0 Å². The maximum absolute atomic E-state index is 13.2. The Labute approximate surface area is 208 Å². The van der Waals surface area contributed by atoms with Crippen molar-refractivity contribution >= 4 is 35.5 Å². The Hall–Kier alpha value is -4.08. The molecule has 12 nitrogen and oxygen atoms in total. The molecule has 2 N–H and O–H groups in total. The van der Waals surface area contributed by atoms with E-state index in [0.29, 0.717) is 74.6 Å². The molecular formula is C24H27N7O5. The van der Waals surface area contributed by atoms with E-state index in [4.69, 9.17) is 9.47 Å². The molecule has 2 aliphatic heterocycles. The summed E-state index contributed by atoms with van der Waals surface area (Å²) < 4.78 is 10.2. The zero-order valence-corrected chi connectivity index (χ0v) is 20.0. The number of nitrogens with one attached hydrogen (secondary N) is 2. The molecule has 188 valence electrons. The molecule has 0 spiro atoms. The van der Waals surface area contributed by atoms with Crippen molar-refractivity contribution in [1.29, 1.82) is 5.26 Å². The number of hydrogen-bond acceptors (Lipinski definition) is 9. The van der Waals surface area contributed by atoms with Gasteiger partial charge in [0.25, 0.3) is 0 Å². The van der Waals surface area contributed by atoms with Crippen LogP contribution in [-0.2, 0) is 27.2 Å². The van der Waals surface area contributed by atoms with Crippen LogP contribution in [0.3, 0.4) is 0 Å². The SMILES string of the molecule is COCCNc1cc(NC(=O)N2CCCc3cc(CN4CCOCC4=O)c(C=O)nc32)ncc1C#N. The number of anilines is 3. The van der Waals surface area contributed by atoms with Gasteiger partial charge in [0, 0.05) is 51.1 Å². The number of aldehydes is 1. The molecule has 4 heterocycles. The number of aryl methyl sites for hydroxylation is 1. The van der Waals surface area contributed by atoms with Crippen molar-refractivity contribution < 1.29 is 23.9 Å². The van der Waals surface area contributed by atoms with Crippen LogP contribution < -0.4 is 15.5 Å². The molecule has 0 aliphatic carbocycles. The minimum Gasteiger partial charge on any atom is -0.383 e. The molecule has 2 aromatic heterocycles. The highest BCUT2D eigenvalue weighted by Gasteiger charge is 2.27. The highest BCUT2D eigenvalue weighted by atomic mass is 16.5. The van der Waals surface area contributed by atoms with E-state index in [1.807, 2.05) is 6.07 Å². The fourth-order valence-electron chi connectivity index (χ4n) is 4.13. The first-order chi connectivity index (χ1) is 17.5. The third-order valence-corrected chi connectivity index (χ3v) is 5.96. The first-order valence-corrected chi connectivity index (χ1v) is 11.6. The van der Waals surface area contributed by atoms with E-state index in [1.54, 1.807) is 18.1 Å². The lowest BCUT2D eigenvalue weighted by molar-refractivity contribution is -0.143. The summed E-state index contributed by atoms with van der Waals surface area (Å²) in [7, 11) is 1.58. The Bertz CT molecular complexity index is 1200. The number of nitrogens with zero attached hydrogens (tertiary/aromatic N) is 5. The second-order valence-corrected chi connectivity index (χ2v) is 8.33. The number of pyridine rings is 2. The van der Waals surface area contributed by atoms with Crippen LogP contribution >= 0.6 is 0 Å². The van der Waals surface area contributed by atoms with E-state index < -0.39 is 6.03 Å². The zero-order chi connectivity index (χ0) is 25.5. The van der Waals surface area contributed by atoms with Crippen molar-refractivity contribution in [2.45, 2.75) is 19.4 Å². The van der Waals surface area contributed by atoms with Crippen molar-refractivity contribution in [3.05, 3.63) is 40.7 Å². The number of fused-ring (bicyclic) bond motifs is 1. The molecule has 0 bridgehead atoms. The molecule has 0 saturated carbocycles. The summed E-state index contributed by atoms with van der Waals surface area (Å²) in [6.45, 7) is 2.53. The third-order valence-electron chi connectivity index (χ3n) is 5.96. The molecule has 0 unspecified atom stereocenters. The largest absolute Gasteiger partial charge is 0.383 e. The Balaban J connectivity index is 1.54. The van der Waals surface area contributed by atoms with Crippen molar-refractivity contribution in [3.63, 3.8) is 0 Å². The van der Waals surface area contributed by atoms with Gasteiger partial charge in [-0.05, 0) is 24.5 Å². The lowest BCUT2D eigenvalue weighted by Crippen LogP contribution is -2.42. The fraction of sp³-hybridized carbons (Fsp3) is 0.417. The van der Waals surface area contributed by atoms with Gasteiger partial charge in [0.2, 0.25) is 5.91 Å². The van der Waals surface area contributed by atoms with E-state index in [9.17, 15) is 19.6 Å². The predicted octanol–water partition coefficient (Wildman–Crippen LogP) is 1.56. The molecule has 0 radical (unpaired) electrons. The Morgan fingerprint density at radius 3 is 2.97 bits per heavy atom. The summed E-state index contributed by atoms with van der Waals surface area (Å²) in [6.07, 6.45) is 3.43. The van der Waals surface area contributed by atoms with Crippen LogP contribution in [0, 0.1) is 11.3 Å². The minimum absolute atomic E-state index is 0.0236. The van der Waals surface area contributed by atoms with Gasteiger partial charge < -0.3 is 19.7 Å². The van der Waals surface area contributed by atoms with Gasteiger partial charge in [0.05, 0.1) is 24.5 Å². The molecular weight excluding hydrogens is 466 g/mol. The molecule has 3 amide bonds. The molecule has 2 aliphatic rings. The van der Waals surface area contributed by atoms with E-state index in [1.165, 1.54) is 11.1 Å². The van der Waals surface area contributed by atoms with Crippen LogP contribution in [-0.4, -0.2) is 79.7 Å². The number of morpholine rings is 1. The number of hydrogen-bond donors (Lipinski definition) is 2. The number of urea groups is 1. The highest BCUT2D eigenvalue weighted by Crippen LogP contribution is 2.29. The second kappa shape index (κ2) is 11.6. The molecule has 36 heavy (non-hydrogen) atoms. The second-order valence-electron chi connectivity index (χ2n) is 8.33. The molecule has 12 heteroatoms. The van der Waals surface area contributed by atoms with Crippen LogP contribution in [0.2, 0.25) is 0 Å². The number of ether oxygens (including phenoxy) is 2. The number of carbonyl (C=O) groups excluding carboxylic acids is 3. The molecule has 1 saturated heterocycles. The number of amides is 3. The maximum atomic E-state index is 13.2. The molecule has 2 aromatic rings. The summed E-state index contributed by atoms with van der Waals surface area (Å²) in [4.78, 5) is 49.0. The van der Waals surface area contributed by atoms with E-state index >= 15 is 0 Å². The monoisotopic (exact) mass is 493 g/mol. The van der Waals surface area contributed by atoms with E-state index in [-0.39, 0.29) is 30.6 Å². The predicted molar refractivity (Wildman–Crippen MR) is 130 cm³/mol. The number of aromatic nitrogens is 2. The lowest BCUT2D eigenvalue weighted by Gasteiger charge is -2.30. The van der Waals surface area contributed by atoms with Crippen molar-refractivity contribution in [1.82, 2.24) is 14.9 Å². The van der Waals surface area contributed by atoms with Crippen molar-refractivity contribution in [2.75, 3.05) is 62.1 Å². The highest BCUT2D eigenvalue weighted by molar-refractivity contribution is 6.01. The number of methoxy groups -OCH3 is 1. The van der Waals surface area contributed by atoms with Crippen LogP contribution in [0.5, 0.6) is 0 Å². The summed E-state index contributed by atoms with van der Waals surface area (Å²) in [6, 6.07) is 5.06. The third kappa shape index (κ3) is 5.59. The number of nitriles is 1. The van der Waals surface area contributed by atoms with Gasteiger partial charge in [-0.15, -0.1) is 0 Å². The van der Waals surface area contributed by atoms with Gasteiger partial charge >= 0.3 is 6.03 Å². The van der Waals surface area contributed by atoms with Gasteiger partial charge in [-0.2, -0.15) is 5.26 Å². The van der Waals surface area contributed by atoms with Gasteiger partial charge in [0.15, 0.2) is 6.29 Å². The molecule has 0 atom stereocenters. The molecule has 1 fully saturated rings. The topological polar surface area (TPSA) is 150 Å². The first kappa shape index (κ1) is 25.0. The average Bonchev–Trinajstić information content (AvgIpc) is 2.89. The van der Waals surface area contributed by atoms with Gasteiger partial charge in [-0.3, -0.25) is 19.8 Å². The molecule has 4 rings (SSSR count). The van der Waals surface area contributed by atoms with Crippen LogP contribution in [0.4, 0.5) is 22.1 Å². The van der Waals surface area contributed by atoms with E-state index in [2.05, 4.69) is 26.7 Å². The quantitative estimate of drug-likeness (QED) is 0.412. The Morgan fingerprint density at radius 2 is 2.22 bits per heavy atom. The lowest BCUT2D eigenvalue weighted by atomic mass is 10.0. The minimum atomic E-state index is -0.448. The summed E-state index contributed by atoms with van der Waals surface area (Å²) >= 11 is 0. The first-order valence-electron chi connectivity index (χ1n) is 11.6. The van der Waals surface area contributed by atoms with Crippen LogP contribution in [0.1, 0.15) is 33.6 Å². The van der Waals surface area contributed by atoms with Gasteiger partial charge in [-0.25, -0.2) is 14.8 Å². The zero-order valence-electron chi connectivity index (χ0n) is 20.0. The Kier molecular flexibility index (Phi) is 8.04. The summed E-state index contributed by atoms with van der Waals surface area (Å²) in [5.41, 5.74) is 2.53. The standard InChI is InChI=1S/C24H27N7O5/c1-35-7-4-26-19-10-21(27-12-18(19)11-25)29-24(34)31-5-2-3-16-9-17(20(14-32)28-23(16)31)13-30-6-8-36-15-22(30)33/h9-10,12,14H,2-8,13,15H2,1H3,(H2,26,27,29,34). The fourth-order valence-corrected chi connectivity index (χ4v) is 4.13.